The summed E-state index contributed by atoms with van der Waals surface area (Å²) in [4.78, 5) is 3.48. The Hall–Kier alpha value is -1.44. The predicted octanol–water partition coefficient (Wildman–Crippen LogP) is 2.13. The van der Waals surface area contributed by atoms with Crippen LogP contribution in [0.25, 0.3) is 5.65 Å². The Bertz CT molecular complexity index is 526. The molecule has 0 N–H and O–H groups in total. The lowest BCUT2D eigenvalue weighted by molar-refractivity contribution is -0.141. The SMILES string of the molecule is FC(F)C(F)(F)c1nnc2cc(Cl)ncn12. The number of halogens is 5. The topological polar surface area (TPSA) is 43.1 Å². The average Bonchev–Trinajstić information content (AvgIpc) is 2.60. The van der Waals surface area contributed by atoms with Gasteiger partial charge >= 0.3 is 12.3 Å². The number of hydrogen-bond donors (Lipinski definition) is 0. The molecule has 0 spiro atoms. The third-order valence-corrected chi connectivity index (χ3v) is 2.05. The lowest BCUT2D eigenvalue weighted by Crippen LogP contribution is -2.26. The Morgan fingerprint density at radius 2 is 2.00 bits per heavy atom. The van der Waals surface area contributed by atoms with E-state index in [4.69, 9.17) is 11.6 Å². The molecule has 2 rings (SSSR count). The van der Waals surface area contributed by atoms with Crippen LogP contribution < -0.4 is 0 Å². The van der Waals surface area contributed by atoms with E-state index >= 15 is 0 Å². The van der Waals surface area contributed by atoms with E-state index in [0.717, 1.165) is 12.4 Å². The maximum absolute atomic E-state index is 13.0. The maximum atomic E-state index is 13.0. The minimum atomic E-state index is -4.38. The minimum Gasteiger partial charge on any atom is -0.264 e. The number of nitrogens with zero attached hydrogens (tertiary/aromatic N) is 4. The average molecular weight is 255 g/mol. The Morgan fingerprint density at radius 1 is 1.31 bits per heavy atom. The number of hydrogen-bond acceptors (Lipinski definition) is 3. The Balaban J connectivity index is 2.63. The van der Waals surface area contributed by atoms with E-state index < -0.39 is 18.2 Å². The fraction of sp³-hybridized carbons (Fsp3) is 0.286. The molecule has 0 unspecified atom stereocenters. The van der Waals surface area contributed by atoms with Gasteiger partial charge in [0.15, 0.2) is 5.65 Å². The summed E-state index contributed by atoms with van der Waals surface area (Å²) in [5.74, 6) is -5.55. The molecule has 0 atom stereocenters. The molecule has 2 aromatic heterocycles. The number of fused-ring (bicyclic) bond motifs is 1. The molecule has 0 radical (unpaired) electrons. The highest BCUT2D eigenvalue weighted by molar-refractivity contribution is 6.29. The third-order valence-electron chi connectivity index (χ3n) is 1.84. The van der Waals surface area contributed by atoms with Crippen molar-refractivity contribution >= 4 is 17.2 Å². The van der Waals surface area contributed by atoms with Crippen LogP contribution in [0.1, 0.15) is 5.82 Å². The molecule has 4 nitrogen and oxygen atoms in total. The van der Waals surface area contributed by atoms with E-state index in [1.807, 2.05) is 0 Å². The Kier molecular flexibility index (Phi) is 2.45. The molecule has 0 amide bonds. The third kappa shape index (κ3) is 1.58. The molecule has 0 aliphatic heterocycles. The summed E-state index contributed by atoms with van der Waals surface area (Å²) in [6.07, 6.45) is -3.00. The largest absolute Gasteiger partial charge is 0.366 e. The molecule has 0 saturated heterocycles. The van der Waals surface area contributed by atoms with E-state index in [0.29, 0.717) is 4.40 Å². The maximum Gasteiger partial charge on any atom is 0.366 e. The predicted molar refractivity (Wildman–Crippen MR) is 45.7 cm³/mol. The van der Waals surface area contributed by atoms with Crippen LogP contribution in [0.2, 0.25) is 5.15 Å². The van der Waals surface area contributed by atoms with Gasteiger partial charge < -0.3 is 0 Å². The first-order chi connectivity index (χ1) is 7.43. The van der Waals surface area contributed by atoms with E-state index in [-0.39, 0.29) is 10.8 Å². The molecule has 86 valence electrons. The molecular formula is C7H3ClF4N4. The van der Waals surface area contributed by atoms with Gasteiger partial charge in [0, 0.05) is 6.07 Å². The van der Waals surface area contributed by atoms with Crippen LogP contribution in [0.4, 0.5) is 17.6 Å². The summed E-state index contributed by atoms with van der Waals surface area (Å²) in [5, 5.41) is 6.32. The second kappa shape index (κ2) is 3.55. The van der Waals surface area contributed by atoms with Crippen molar-refractivity contribution in [3.05, 3.63) is 23.4 Å². The highest BCUT2D eigenvalue weighted by Crippen LogP contribution is 2.33. The van der Waals surface area contributed by atoms with Gasteiger partial charge in [-0.1, -0.05) is 11.6 Å². The Morgan fingerprint density at radius 3 is 2.62 bits per heavy atom. The molecule has 0 bridgehead atoms. The number of rotatable bonds is 2. The number of aromatic nitrogens is 4. The summed E-state index contributed by atoms with van der Waals surface area (Å²) < 4.78 is 50.9. The zero-order valence-electron chi connectivity index (χ0n) is 7.41. The fourth-order valence-corrected chi connectivity index (χ4v) is 1.24. The van der Waals surface area contributed by atoms with Gasteiger partial charge in [-0.3, -0.25) is 4.40 Å². The second-order valence-corrected chi connectivity index (χ2v) is 3.27. The highest BCUT2D eigenvalue weighted by Gasteiger charge is 2.47. The Labute approximate surface area is 90.9 Å². The zero-order valence-corrected chi connectivity index (χ0v) is 8.17. The van der Waals surface area contributed by atoms with Gasteiger partial charge in [-0.2, -0.15) is 8.78 Å². The normalized spacial score (nSPS) is 12.6. The molecule has 0 saturated carbocycles. The smallest absolute Gasteiger partial charge is 0.264 e. The minimum absolute atomic E-state index is 0.00631. The summed E-state index contributed by atoms with van der Waals surface area (Å²) in [6.45, 7) is 0. The lowest BCUT2D eigenvalue weighted by Gasteiger charge is -2.12. The van der Waals surface area contributed by atoms with Gasteiger partial charge in [-0.15, -0.1) is 10.2 Å². The van der Waals surface area contributed by atoms with Gasteiger partial charge in [0.05, 0.1) is 0 Å². The molecule has 0 fully saturated rings. The molecule has 2 heterocycles. The van der Waals surface area contributed by atoms with E-state index in [2.05, 4.69) is 15.2 Å². The molecule has 0 aliphatic rings. The number of alkyl halides is 4. The van der Waals surface area contributed by atoms with Crippen molar-refractivity contribution in [2.45, 2.75) is 12.3 Å². The van der Waals surface area contributed by atoms with Crippen molar-refractivity contribution < 1.29 is 17.6 Å². The van der Waals surface area contributed by atoms with Crippen molar-refractivity contribution in [1.29, 1.82) is 0 Å². The van der Waals surface area contributed by atoms with E-state index in [9.17, 15) is 17.6 Å². The monoisotopic (exact) mass is 254 g/mol. The van der Waals surface area contributed by atoms with Gasteiger partial charge in [0.1, 0.15) is 11.5 Å². The van der Waals surface area contributed by atoms with Crippen LogP contribution >= 0.6 is 11.6 Å². The van der Waals surface area contributed by atoms with Gasteiger partial charge in [-0.25, -0.2) is 13.8 Å². The first-order valence-corrected chi connectivity index (χ1v) is 4.33. The molecule has 2 aromatic rings. The molecule has 16 heavy (non-hydrogen) atoms. The van der Waals surface area contributed by atoms with Crippen molar-refractivity contribution in [3.63, 3.8) is 0 Å². The van der Waals surface area contributed by atoms with E-state index in [1.165, 1.54) is 0 Å². The fourth-order valence-electron chi connectivity index (χ4n) is 1.10. The first kappa shape index (κ1) is 11.1. The zero-order chi connectivity index (χ0) is 11.9. The van der Waals surface area contributed by atoms with Crippen molar-refractivity contribution in [3.8, 4) is 0 Å². The quantitative estimate of drug-likeness (QED) is 0.609. The molecule has 9 heteroatoms. The summed E-state index contributed by atoms with van der Waals surface area (Å²) in [6, 6.07) is 1.14. The second-order valence-electron chi connectivity index (χ2n) is 2.89. The first-order valence-electron chi connectivity index (χ1n) is 3.95. The van der Waals surface area contributed by atoms with Crippen LogP contribution in [0.5, 0.6) is 0 Å². The standard InChI is InChI=1S/C7H3ClF4N4/c8-3-1-4-14-15-6(16(4)2-13-3)7(11,12)5(9)10/h1-2,5H. The van der Waals surface area contributed by atoms with Gasteiger partial charge in [-0.05, 0) is 0 Å². The molecule has 0 aliphatic carbocycles. The van der Waals surface area contributed by atoms with Gasteiger partial charge in [0.25, 0.3) is 0 Å². The summed E-state index contributed by atoms with van der Waals surface area (Å²) in [5.41, 5.74) is -0.0738. The van der Waals surface area contributed by atoms with Gasteiger partial charge in [0.2, 0.25) is 5.82 Å². The molecular weight excluding hydrogens is 252 g/mol. The van der Waals surface area contributed by atoms with Crippen LogP contribution in [0.15, 0.2) is 12.4 Å². The van der Waals surface area contributed by atoms with E-state index in [1.54, 1.807) is 0 Å². The summed E-state index contributed by atoms with van der Waals surface area (Å²) >= 11 is 5.48. The molecule has 0 aromatic carbocycles. The van der Waals surface area contributed by atoms with Crippen LogP contribution in [0.3, 0.4) is 0 Å². The van der Waals surface area contributed by atoms with Crippen LogP contribution in [0, 0.1) is 0 Å². The highest BCUT2D eigenvalue weighted by atomic mass is 35.5. The van der Waals surface area contributed by atoms with Crippen LogP contribution in [-0.2, 0) is 5.92 Å². The van der Waals surface area contributed by atoms with Crippen molar-refractivity contribution in [2.24, 2.45) is 0 Å². The lowest BCUT2D eigenvalue weighted by atomic mass is 10.3. The van der Waals surface area contributed by atoms with Crippen molar-refractivity contribution in [2.75, 3.05) is 0 Å². The summed E-state index contributed by atoms with van der Waals surface area (Å²) in [7, 11) is 0. The van der Waals surface area contributed by atoms with Crippen LogP contribution in [-0.4, -0.2) is 26.0 Å². The van der Waals surface area contributed by atoms with Crippen molar-refractivity contribution in [1.82, 2.24) is 19.6 Å².